The van der Waals surface area contributed by atoms with Crippen LogP contribution in [-0.4, -0.2) is 37.0 Å². The number of amides is 1. The van der Waals surface area contributed by atoms with Gasteiger partial charge in [-0.1, -0.05) is 18.2 Å². The Labute approximate surface area is 175 Å². The van der Waals surface area contributed by atoms with Crippen LogP contribution in [0.1, 0.15) is 34.6 Å². The van der Waals surface area contributed by atoms with Crippen molar-refractivity contribution >= 4 is 11.7 Å². The number of aryl methyl sites for hydroxylation is 1. The van der Waals surface area contributed by atoms with Crippen LogP contribution in [0.4, 0.5) is 5.82 Å². The smallest absolute Gasteiger partial charge is 0.226 e. The van der Waals surface area contributed by atoms with Crippen molar-refractivity contribution in [2.45, 2.75) is 26.2 Å². The zero-order valence-corrected chi connectivity index (χ0v) is 17.8. The predicted octanol–water partition coefficient (Wildman–Crippen LogP) is 3.99. The largest absolute Gasteiger partial charge is 0.493 e. The van der Waals surface area contributed by atoms with Crippen molar-refractivity contribution in [3.05, 3.63) is 58.8 Å². The molecule has 1 amide bonds. The number of aromatic nitrogens is 2. The van der Waals surface area contributed by atoms with Gasteiger partial charge in [-0.2, -0.15) is 5.10 Å². The SMILES string of the molecule is COc1ccc(C2CC(=O)Nc3c2cnn3-c2cccc(C)c2C)c(OC)c1OC. The molecule has 0 radical (unpaired) electrons. The Morgan fingerprint density at radius 2 is 1.77 bits per heavy atom. The van der Waals surface area contributed by atoms with Gasteiger partial charge in [-0.3, -0.25) is 4.79 Å². The zero-order valence-electron chi connectivity index (χ0n) is 17.8. The number of carbonyl (C=O) groups excluding carboxylic acids is 1. The Morgan fingerprint density at radius 1 is 1.00 bits per heavy atom. The summed E-state index contributed by atoms with van der Waals surface area (Å²) < 4.78 is 18.4. The molecule has 0 fully saturated rings. The highest BCUT2D eigenvalue weighted by Crippen LogP contribution is 2.47. The summed E-state index contributed by atoms with van der Waals surface area (Å²) in [6, 6.07) is 9.80. The van der Waals surface area contributed by atoms with Gasteiger partial charge in [-0.05, 0) is 37.1 Å². The molecule has 4 rings (SSSR count). The highest BCUT2D eigenvalue weighted by Gasteiger charge is 2.33. The van der Waals surface area contributed by atoms with Gasteiger partial charge in [-0.25, -0.2) is 4.68 Å². The van der Waals surface area contributed by atoms with E-state index in [0.29, 0.717) is 23.1 Å². The normalized spacial score (nSPS) is 15.4. The van der Waals surface area contributed by atoms with Crippen LogP contribution >= 0.6 is 0 Å². The molecule has 156 valence electrons. The minimum Gasteiger partial charge on any atom is -0.493 e. The number of hydrogen-bond donors (Lipinski definition) is 1. The second kappa shape index (κ2) is 7.74. The maximum Gasteiger partial charge on any atom is 0.226 e. The zero-order chi connectivity index (χ0) is 21.4. The van der Waals surface area contributed by atoms with E-state index < -0.39 is 0 Å². The summed E-state index contributed by atoms with van der Waals surface area (Å²) in [7, 11) is 4.74. The van der Waals surface area contributed by atoms with Crippen molar-refractivity contribution in [2.75, 3.05) is 26.6 Å². The van der Waals surface area contributed by atoms with Gasteiger partial charge < -0.3 is 19.5 Å². The van der Waals surface area contributed by atoms with Crippen LogP contribution in [0.5, 0.6) is 17.2 Å². The van der Waals surface area contributed by atoms with Gasteiger partial charge >= 0.3 is 0 Å². The lowest BCUT2D eigenvalue weighted by molar-refractivity contribution is -0.116. The van der Waals surface area contributed by atoms with E-state index in [4.69, 9.17) is 14.2 Å². The van der Waals surface area contributed by atoms with E-state index in [0.717, 1.165) is 27.9 Å². The molecular weight excluding hydrogens is 382 g/mol. The molecule has 7 nitrogen and oxygen atoms in total. The van der Waals surface area contributed by atoms with Gasteiger partial charge in [0.25, 0.3) is 0 Å². The van der Waals surface area contributed by atoms with Crippen LogP contribution in [0.25, 0.3) is 5.69 Å². The minimum atomic E-state index is -0.220. The molecule has 1 aromatic heterocycles. The number of nitrogens with one attached hydrogen (secondary N) is 1. The maximum atomic E-state index is 12.7. The lowest BCUT2D eigenvalue weighted by Gasteiger charge is -2.26. The molecule has 2 heterocycles. The second-order valence-corrected chi connectivity index (χ2v) is 7.31. The van der Waals surface area contributed by atoms with Gasteiger partial charge in [0.05, 0.1) is 33.2 Å². The second-order valence-electron chi connectivity index (χ2n) is 7.31. The first-order chi connectivity index (χ1) is 14.5. The molecule has 0 bridgehead atoms. The first-order valence-electron chi connectivity index (χ1n) is 9.73. The fraction of sp³-hybridized carbons (Fsp3) is 0.304. The Kier molecular flexibility index (Phi) is 5.11. The van der Waals surface area contributed by atoms with Gasteiger partial charge in [0.2, 0.25) is 11.7 Å². The van der Waals surface area contributed by atoms with Crippen molar-refractivity contribution in [3.8, 4) is 22.9 Å². The Balaban J connectivity index is 1.88. The first kappa shape index (κ1) is 19.8. The molecule has 2 aromatic carbocycles. The molecule has 0 saturated heterocycles. The van der Waals surface area contributed by atoms with E-state index in [1.165, 1.54) is 0 Å². The number of nitrogens with zero attached hydrogens (tertiary/aromatic N) is 2. The molecule has 0 spiro atoms. The molecule has 30 heavy (non-hydrogen) atoms. The van der Waals surface area contributed by atoms with Crippen LogP contribution in [0, 0.1) is 13.8 Å². The van der Waals surface area contributed by atoms with Crippen molar-refractivity contribution in [1.29, 1.82) is 0 Å². The van der Waals surface area contributed by atoms with Crippen molar-refractivity contribution < 1.29 is 19.0 Å². The third kappa shape index (κ3) is 3.07. The minimum absolute atomic E-state index is 0.0728. The monoisotopic (exact) mass is 407 g/mol. The Morgan fingerprint density at radius 3 is 2.47 bits per heavy atom. The molecular formula is C23H25N3O4. The van der Waals surface area contributed by atoms with Crippen LogP contribution < -0.4 is 19.5 Å². The molecule has 0 aliphatic carbocycles. The van der Waals surface area contributed by atoms with Crippen LogP contribution in [0.2, 0.25) is 0 Å². The first-order valence-corrected chi connectivity index (χ1v) is 9.73. The third-order valence-electron chi connectivity index (χ3n) is 5.73. The molecule has 1 aliphatic rings. The molecule has 1 unspecified atom stereocenters. The van der Waals surface area contributed by atoms with E-state index in [1.807, 2.05) is 30.5 Å². The van der Waals surface area contributed by atoms with E-state index in [9.17, 15) is 4.79 Å². The van der Waals surface area contributed by atoms with E-state index in [1.54, 1.807) is 26.0 Å². The summed E-state index contributed by atoms with van der Waals surface area (Å²) >= 11 is 0. The molecule has 0 saturated carbocycles. The fourth-order valence-electron chi connectivity index (χ4n) is 4.04. The average molecular weight is 407 g/mol. The summed E-state index contributed by atoms with van der Waals surface area (Å²) in [5.41, 5.74) is 5.00. The quantitative estimate of drug-likeness (QED) is 0.692. The van der Waals surface area contributed by atoms with E-state index >= 15 is 0 Å². The van der Waals surface area contributed by atoms with Crippen LogP contribution in [0.3, 0.4) is 0 Å². The maximum absolute atomic E-state index is 12.7. The lowest BCUT2D eigenvalue weighted by atomic mass is 9.86. The highest BCUT2D eigenvalue weighted by atomic mass is 16.5. The van der Waals surface area contributed by atoms with Gasteiger partial charge in [0, 0.05) is 23.5 Å². The van der Waals surface area contributed by atoms with Crippen molar-refractivity contribution in [1.82, 2.24) is 9.78 Å². The van der Waals surface area contributed by atoms with Crippen molar-refractivity contribution in [2.24, 2.45) is 0 Å². The summed E-state index contributed by atoms with van der Waals surface area (Å²) in [6.45, 7) is 4.11. The standard InChI is InChI=1S/C23H25N3O4/c1-13-7-6-8-18(14(13)2)26-23-17(12-24-26)16(11-20(27)25-23)15-9-10-19(28-3)22(30-5)21(15)29-4/h6-10,12,16H,11H2,1-5H3,(H,25,27). The third-order valence-corrected chi connectivity index (χ3v) is 5.73. The summed E-state index contributed by atoms with van der Waals surface area (Å²) in [5.74, 6) is 2.03. The molecule has 1 aliphatic heterocycles. The fourth-order valence-corrected chi connectivity index (χ4v) is 4.04. The molecule has 7 heteroatoms. The number of benzene rings is 2. The summed E-state index contributed by atoms with van der Waals surface area (Å²) in [5, 5.41) is 7.62. The number of methoxy groups -OCH3 is 3. The predicted molar refractivity (Wildman–Crippen MR) is 114 cm³/mol. The van der Waals surface area contributed by atoms with Crippen molar-refractivity contribution in [3.63, 3.8) is 0 Å². The van der Waals surface area contributed by atoms with E-state index in [2.05, 4.69) is 30.3 Å². The van der Waals surface area contributed by atoms with Gasteiger partial charge in [-0.15, -0.1) is 0 Å². The number of carbonyl (C=O) groups is 1. The number of ether oxygens (including phenoxy) is 3. The highest BCUT2D eigenvalue weighted by molar-refractivity contribution is 5.95. The van der Waals surface area contributed by atoms with Gasteiger partial charge in [0.1, 0.15) is 5.82 Å². The topological polar surface area (TPSA) is 74.6 Å². The van der Waals surface area contributed by atoms with Crippen LogP contribution in [-0.2, 0) is 4.79 Å². The van der Waals surface area contributed by atoms with E-state index in [-0.39, 0.29) is 18.2 Å². The van der Waals surface area contributed by atoms with Crippen LogP contribution in [0.15, 0.2) is 36.5 Å². The average Bonchev–Trinajstić information content (AvgIpc) is 3.17. The molecule has 3 aromatic rings. The Bertz CT molecular complexity index is 1120. The number of fused-ring (bicyclic) bond motifs is 1. The van der Waals surface area contributed by atoms with Gasteiger partial charge in [0.15, 0.2) is 11.5 Å². The number of anilines is 1. The number of hydrogen-bond acceptors (Lipinski definition) is 5. The molecule has 1 atom stereocenters. The lowest BCUT2D eigenvalue weighted by Crippen LogP contribution is -2.25. The molecule has 1 N–H and O–H groups in total. The summed E-state index contributed by atoms with van der Waals surface area (Å²) in [6.07, 6.45) is 2.11. The Hall–Kier alpha value is -3.48. The number of rotatable bonds is 5. The summed E-state index contributed by atoms with van der Waals surface area (Å²) in [4.78, 5) is 12.7.